The van der Waals surface area contributed by atoms with Crippen LogP contribution in [-0.4, -0.2) is 11.9 Å². The smallest absolute Gasteiger partial charge is 0.246 e. The van der Waals surface area contributed by atoms with E-state index in [1.165, 1.54) is 5.56 Å². The normalized spacial score (nSPS) is 11.8. The monoisotopic (exact) mass is 302 g/mol. The molecule has 0 spiro atoms. The molecule has 2 aromatic carbocycles. The zero-order valence-corrected chi connectivity index (χ0v) is 12.9. The van der Waals surface area contributed by atoms with Gasteiger partial charge in [-0.05, 0) is 55.3 Å². The summed E-state index contributed by atoms with van der Waals surface area (Å²) in [4.78, 5) is 12.1. The van der Waals surface area contributed by atoms with Crippen molar-refractivity contribution in [1.29, 1.82) is 0 Å². The number of benzene rings is 2. The Labute approximate surface area is 130 Å². The van der Waals surface area contributed by atoms with Crippen LogP contribution in [0.25, 0.3) is 0 Å². The van der Waals surface area contributed by atoms with E-state index in [2.05, 4.69) is 29.7 Å². The van der Waals surface area contributed by atoms with Crippen LogP contribution < -0.4 is 10.6 Å². The molecule has 0 aliphatic rings. The van der Waals surface area contributed by atoms with E-state index >= 15 is 0 Å². The fourth-order valence-electron chi connectivity index (χ4n) is 1.98. The van der Waals surface area contributed by atoms with Gasteiger partial charge in [0.2, 0.25) is 5.91 Å². The highest BCUT2D eigenvalue weighted by atomic mass is 35.5. The first kappa shape index (κ1) is 15.4. The Balaban J connectivity index is 1.97. The standard InChI is InChI=1S/C17H19ClN2O/c1-3-13-5-4-6-16(11-13)19-12(2)17(21)20-15-9-7-14(18)8-10-15/h4-12,19H,3H2,1-2H3,(H,20,21). The number of carbonyl (C=O) groups is 1. The highest BCUT2D eigenvalue weighted by Gasteiger charge is 2.12. The molecule has 1 amide bonds. The van der Waals surface area contributed by atoms with Crippen LogP contribution >= 0.6 is 11.6 Å². The summed E-state index contributed by atoms with van der Waals surface area (Å²) < 4.78 is 0. The molecule has 21 heavy (non-hydrogen) atoms. The molecule has 3 nitrogen and oxygen atoms in total. The second-order valence-corrected chi connectivity index (χ2v) is 5.35. The van der Waals surface area contributed by atoms with Crippen LogP contribution in [0.1, 0.15) is 19.4 Å². The van der Waals surface area contributed by atoms with Crippen LogP contribution in [0, 0.1) is 0 Å². The molecule has 0 aliphatic heterocycles. The number of aryl methyl sites for hydroxylation is 1. The van der Waals surface area contributed by atoms with Crippen molar-refractivity contribution >= 4 is 28.9 Å². The fraction of sp³-hybridized carbons (Fsp3) is 0.235. The Morgan fingerprint density at radius 2 is 1.86 bits per heavy atom. The van der Waals surface area contributed by atoms with Crippen LogP contribution in [0.5, 0.6) is 0 Å². The summed E-state index contributed by atoms with van der Waals surface area (Å²) in [6, 6.07) is 14.8. The Hall–Kier alpha value is -2.00. The lowest BCUT2D eigenvalue weighted by Crippen LogP contribution is -2.31. The first-order valence-electron chi connectivity index (χ1n) is 7.00. The summed E-state index contributed by atoms with van der Waals surface area (Å²) >= 11 is 5.82. The van der Waals surface area contributed by atoms with Crippen molar-refractivity contribution in [2.24, 2.45) is 0 Å². The Kier molecular flexibility index (Phi) is 5.23. The minimum absolute atomic E-state index is 0.0841. The summed E-state index contributed by atoms with van der Waals surface area (Å²) in [5, 5.41) is 6.72. The van der Waals surface area contributed by atoms with Gasteiger partial charge < -0.3 is 10.6 Å². The first-order chi connectivity index (χ1) is 10.1. The van der Waals surface area contributed by atoms with Crippen LogP contribution in [-0.2, 0) is 11.2 Å². The van der Waals surface area contributed by atoms with Crippen LogP contribution in [0.4, 0.5) is 11.4 Å². The lowest BCUT2D eigenvalue weighted by molar-refractivity contribution is -0.116. The van der Waals surface area contributed by atoms with Gasteiger partial charge in [-0.1, -0.05) is 30.7 Å². The van der Waals surface area contributed by atoms with E-state index in [0.29, 0.717) is 5.02 Å². The maximum absolute atomic E-state index is 12.1. The van der Waals surface area contributed by atoms with Gasteiger partial charge in [-0.25, -0.2) is 0 Å². The molecule has 0 fully saturated rings. The van der Waals surface area contributed by atoms with Gasteiger partial charge in [0, 0.05) is 16.4 Å². The quantitative estimate of drug-likeness (QED) is 0.862. The van der Waals surface area contributed by atoms with Gasteiger partial charge in [0.25, 0.3) is 0 Å². The third-order valence-corrected chi connectivity index (χ3v) is 3.48. The minimum atomic E-state index is -0.326. The van der Waals surface area contributed by atoms with Crippen molar-refractivity contribution in [3.05, 3.63) is 59.1 Å². The van der Waals surface area contributed by atoms with Crippen molar-refractivity contribution in [3.63, 3.8) is 0 Å². The van der Waals surface area contributed by atoms with Gasteiger partial charge in [0.05, 0.1) is 0 Å². The fourth-order valence-corrected chi connectivity index (χ4v) is 2.11. The van der Waals surface area contributed by atoms with Gasteiger partial charge in [0.15, 0.2) is 0 Å². The Morgan fingerprint density at radius 3 is 2.52 bits per heavy atom. The maximum Gasteiger partial charge on any atom is 0.246 e. The summed E-state index contributed by atoms with van der Waals surface area (Å²) in [5.41, 5.74) is 2.93. The predicted molar refractivity (Wildman–Crippen MR) is 89.0 cm³/mol. The summed E-state index contributed by atoms with van der Waals surface area (Å²) in [7, 11) is 0. The third-order valence-electron chi connectivity index (χ3n) is 3.22. The number of halogens is 1. The molecule has 0 saturated carbocycles. The van der Waals surface area contributed by atoms with E-state index in [1.54, 1.807) is 24.3 Å². The average Bonchev–Trinajstić information content (AvgIpc) is 2.49. The molecular formula is C17H19ClN2O. The zero-order chi connectivity index (χ0) is 15.2. The van der Waals surface area contributed by atoms with Gasteiger partial charge in [-0.3, -0.25) is 4.79 Å². The van der Waals surface area contributed by atoms with E-state index in [1.807, 2.05) is 19.1 Å². The SMILES string of the molecule is CCc1cccc(NC(C)C(=O)Nc2ccc(Cl)cc2)c1. The topological polar surface area (TPSA) is 41.1 Å². The molecule has 2 rings (SSSR count). The number of hydrogen-bond donors (Lipinski definition) is 2. The molecule has 1 atom stereocenters. The van der Waals surface area contributed by atoms with Crippen LogP contribution in [0.2, 0.25) is 5.02 Å². The maximum atomic E-state index is 12.1. The number of carbonyl (C=O) groups excluding carboxylic acids is 1. The second kappa shape index (κ2) is 7.14. The number of amides is 1. The van der Waals surface area contributed by atoms with Gasteiger partial charge in [0.1, 0.15) is 6.04 Å². The van der Waals surface area contributed by atoms with Gasteiger partial charge >= 0.3 is 0 Å². The Bertz CT molecular complexity index is 610. The Morgan fingerprint density at radius 1 is 1.14 bits per heavy atom. The summed E-state index contributed by atoms with van der Waals surface area (Å²) in [6.07, 6.45) is 0.973. The molecule has 2 aromatic rings. The predicted octanol–water partition coefficient (Wildman–Crippen LogP) is 4.34. The number of anilines is 2. The molecular weight excluding hydrogens is 284 g/mol. The van der Waals surface area contributed by atoms with Crippen molar-refractivity contribution in [3.8, 4) is 0 Å². The number of rotatable bonds is 5. The molecule has 0 bridgehead atoms. The lowest BCUT2D eigenvalue weighted by Gasteiger charge is -2.16. The lowest BCUT2D eigenvalue weighted by atomic mass is 10.1. The van der Waals surface area contributed by atoms with E-state index in [-0.39, 0.29) is 11.9 Å². The molecule has 110 valence electrons. The van der Waals surface area contributed by atoms with Crippen LogP contribution in [0.3, 0.4) is 0 Å². The van der Waals surface area contributed by atoms with E-state index in [4.69, 9.17) is 11.6 Å². The van der Waals surface area contributed by atoms with Crippen LogP contribution in [0.15, 0.2) is 48.5 Å². The largest absolute Gasteiger partial charge is 0.374 e. The van der Waals surface area contributed by atoms with E-state index < -0.39 is 0 Å². The summed E-state index contributed by atoms with van der Waals surface area (Å²) in [5.74, 6) is -0.0841. The molecule has 2 N–H and O–H groups in total. The van der Waals surface area contributed by atoms with Crippen molar-refractivity contribution in [2.75, 3.05) is 10.6 Å². The number of nitrogens with one attached hydrogen (secondary N) is 2. The molecule has 0 aliphatic carbocycles. The van der Waals surface area contributed by atoms with Crippen molar-refractivity contribution in [2.45, 2.75) is 26.3 Å². The number of hydrogen-bond acceptors (Lipinski definition) is 2. The molecule has 0 saturated heterocycles. The minimum Gasteiger partial charge on any atom is -0.374 e. The molecule has 1 unspecified atom stereocenters. The second-order valence-electron chi connectivity index (χ2n) is 4.92. The average molecular weight is 303 g/mol. The zero-order valence-electron chi connectivity index (χ0n) is 12.2. The molecule has 0 aromatic heterocycles. The van der Waals surface area contributed by atoms with Gasteiger partial charge in [-0.15, -0.1) is 0 Å². The highest BCUT2D eigenvalue weighted by molar-refractivity contribution is 6.30. The first-order valence-corrected chi connectivity index (χ1v) is 7.38. The highest BCUT2D eigenvalue weighted by Crippen LogP contribution is 2.15. The van der Waals surface area contributed by atoms with Crippen molar-refractivity contribution < 1.29 is 4.79 Å². The molecule has 0 heterocycles. The van der Waals surface area contributed by atoms with Crippen molar-refractivity contribution in [1.82, 2.24) is 0 Å². The summed E-state index contributed by atoms with van der Waals surface area (Å²) in [6.45, 7) is 3.94. The third kappa shape index (κ3) is 4.50. The van der Waals surface area contributed by atoms with Gasteiger partial charge in [-0.2, -0.15) is 0 Å². The molecule has 0 radical (unpaired) electrons. The molecule has 4 heteroatoms. The van der Waals surface area contributed by atoms with E-state index in [9.17, 15) is 4.79 Å². The van der Waals surface area contributed by atoms with E-state index in [0.717, 1.165) is 17.8 Å².